The van der Waals surface area contributed by atoms with Crippen molar-refractivity contribution in [2.24, 2.45) is 9.39 Å². The van der Waals surface area contributed by atoms with Gasteiger partial charge < -0.3 is 18.9 Å². The number of nitrogens with one attached hydrogen (secondary N) is 1. The maximum absolute atomic E-state index is 12.6. The van der Waals surface area contributed by atoms with Crippen molar-refractivity contribution in [3.05, 3.63) is 53.6 Å². The van der Waals surface area contributed by atoms with Crippen LogP contribution in [0.4, 0.5) is 0 Å². The van der Waals surface area contributed by atoms with Crippen LogP contribution in [0.2, 0.25) is 0 Å². The van der Waals surface area contributed by atoms with Crippen LogP contribution in [0.1, 0.15) is 12.5 Å². The van der Waals surface area contributed by atoms with E-state index in [9.17, 15) is 13.2 Å². The summed E-state index contributed by atoms with van der Waals surface area (Å²) in [6.45, 7) is 2.76. The van der Waals surface area contributed by atoms with Crippen LogP contribution < -0.4 is 18.9 Å². The van der Waals surface area contributed by atoms with E-state index in [1.54, 1.807) is 49.6 Å². The Morgan fingerprint density at radius 3 is 2.41 bits per heavy atom. The predicted molar refractivity (Wildman–Crippen MR) is 141 cm³/mol. The molecule has 11 nitrogen and oxygen atoms in total. The number of ether oxygens (including phenoxy) is 4. The summed E-state index contributed by atoms with van der Waals surface area (Å²) in [5.41, 5.74) is 0.466. The zero-order valence-electron chi connectivity index (χ0n) is 20.3. The van der Waals surface area contributed by atoms with E-state index in [0.717, 1.165) is 28.9 Å². The number of carbonyl (C=O) groups is 1. The Balaban J connectivity index is 1.48. The quantitative estimate of drug-likeness (QED) is 0.286. The molecule has 2 aromatic carbocycles. The topological polar surface area (TPSA) is 140 Å². The Bertz CT molecular complexity index is 1420. The molecule has 2 aliphatic rings. The molecule has 194 valence electrons. The van der Waals surface area contributed by atoms with Crippen LogP contribution in [0, 0.1) is 5.41 Å². The summed E-state index contributed by atoms with van der Waals surface area (Å²) in [5, 5.41) is 8.16. The van der Waals surface area contributed by atoms with E-state index in [1.807, 2.05) is 6.92 Å². The minimum atomic E-state index is -3.73. The van der Waals surface area contributed by atoms with Crippen molar-refractivity contribution in [3.8, 4) is 23.0 Å². The van der Waals surface area contributed by atoms with Gasteiger partial charge in [0, 0.05) is 6.26 Å². The van der Waals surface area contributed by atoms with E-state index in [-0.39, 0.29) is 28.4 Å². The van der Waals surface area contributed by atoms with Crippen molar-refractivity contribution in [1.29, 1.82) is 5.41 Å². The predicted octanol–water partition coefficient (Wildman–Crippen LogP) is 3.17. The normalized spacial score (nSPS) is 16.3. The third kappa shape index (κ3) is 5.94. The second-order valence-corrected chi connectivity index (χ2v) is 10.3. The molecule has 2 heterocycles. The van der Waals surface area contributed by atoms with Gasteiger partial charge in [-0.3, -0.25) is 10.2 Å². The SMILES string of the molecule is CCOc1cc(C=C2C(=N)N3C(=NC2=O)SN=C3S(C)(=O)=O)ccc1OCCOc1ccc(OC)cc1. The number of nitrogens with zero attached hydrogens (tertiary/aromatic N) is 3. The van der Waals surface area contributed by atoms with Gasteiger partial charge >= 0.3 is 0 Å². The van der Waals surface area contributed by atoms with E-state index in [1.165, 1.54) is 6.08 Å². The van der Waals surface area contributed by atoms with Crippen LogP contribution in [0.15, 0.2) is 57.4 Å². The molecular formula is C24H24N4O7S2. The number of benzene rings is 2. The van der Waals surface area contributed by atoms with Gasteiger partial charge in [-0.15, -0.1) is 0 Å². The Morgan fingerprint density at radius 1 is 1.03 bits per heavy atom. The van der Waals surface area contributed by atoms with Gasteiger partial charge in [0.05, 0.1) is 31.2 Å². The average molecular weight is 545 g/mol. The zero-order chi connectivity index (χ0) is 26.6. The molecule has 0 radical (unpaired) electrons. The molecule has 0 aliphatic carbocycles. The van der Waals surface area contributed by atoms with Crippen molar-refractivity contribution in [3.63, 3.8) is 0 Å². The number of aliphatic imine (C=N–C) groups is 1. The van der Waals surface area contributed by atoms with Crippen LogP contribution in [-0.2, 0) is 14.6 Å². The molecule has 0 unspecified atom stereocenters. The molecule has 0 saturated heterocycles. The van der Waals surface area contributed by atoms with Gasteiger partial charge in [-0.25, -0.2) is 13.3 Å². The van der Waals surface area contributed by atoms with Crippen molar-refractivity contribution in [1.82, 2.24) is 4.90 Å². The van der Waals surface area contributed by atoms with Gasteiger partial charge in [0.2, 0.25) is 20.2 Å². The molecule has 0 bridgehead atoms. The number of amides is 1. The highest BCUT2D eigenvalue weighted by Crippen LogP contribution is 2.32. The Hall–Kier alpha value is -3.84. The molecule has 4 rings (SSSR count). The fraction of sp³-hybridized carbons (Fsp3) is 0.250. The van der Waals surface area contributed by atoms with Crippen molar-refractivity contribution < 1.29 is 32.2 Å². The zero-order valence-corrected chi connectivity index (χ0v) is 21.9. The molecule has 0 saturated carbocycles. The lowest BCUT2D eigenvalue weighted by Crippen LogP contribution is -2.45. The number of methoxy groups -OCH3 is 1. The first-order chi connectivity index (χ1) is 17.7. The lowest BCUT2D eigenvalue weighted by Gasteiger charge is -2.23. The molecule has 2 aliphatic heterocycles. The van der Waals surface area contributed by atoms with Crippen LogP contribution in [0.5, 0.6) is 23.0 Å². The molecule has 1 N–H and O–H groups in total. The van der Waals surface area contributed by atoms with Crippen molar-refractivity contribution in [2.45, 2.75) is 6.92 Å². The minimum Gasteiger partial charge on any atom is -0.497 e. The first-order valence-corrected chi connectivity index (χ1v) is 13.7. The fourth-order valence-corrected chi connectivity index (χ4v) is 5.23. The van der Waals surface area contributed by atoms with Crippen LogP contribution in [0.25, 0.3) is 6.08 Å². The maximum atomic E-state index is 12.6. The van der Waals surface area contributed by atoms with E-state index >= 15 is 0 Å². The van der Waals surface area contributed by atoms with Crippen LogP contribution in [-0.4, -0.2) is 68.6 Å². The third-order valence-corrected chi connectivity index (χ3v) is 6.83. The number of amidine groups is 3. The maximum Gasteiger partial charge on any atom is 0.283 e. The molecular weight excluding hydrogens is 520 g/mol. The summed E-state index contributed by atoms with van der Waals surface area (Å²) < 4.78 is 50.3. The number of rotatable bonds is 9. The summed E-state index contributed by atoms with van der Waals surface area (Å²) >= 11 is 0.741. The summed E-state index contributed by atoms with van der Waals surface area (Å²) in [4.78, 5) is 17.6. The van der Waals surface area contributed by atoms with Gasteiger partial charge in [-0.2, -0.15) is 9.39 Å². The van der Waals surface area contributed by atoms with Crippen LogP contribution in [0.3, 0.4) is 0 Å². The van der Waals surface area contributed by atoms with E-state index < -0.39 is 15.7 Å². The van der Waals surface area contributed by atoms with E-state index in [4.69, 9.17) is 24.4 Å². The number of sulfone groups is 1. The molecule has 37 heavy (non-hydrogen) atoms. The lowest BCUT2D eigenvalue weighted by atomic mass is 10.1. The molecule has 0 spiro atoms. The second-order valence-electron chi connectivity index (χ2n) is 7.69. The van der Waals surface area contributed by atoms with Crippen LogP contribution >= 0.6 is 11.9 Å². The van der Waals surface area contributed by atoms with Gasteiger partial charge in [-0.1, -0.05) is 6.07 Å². The van der Waals surface area contributed by atoms with Crippen molar-refractivity contribution >= 4 is 49.9 Å². The van der Waals surface area contributed by atoms with E-state index in [2.05, 4.69) is 9.39 Å². The molecule has 13 heteroatoms. The number of hydrogen-bond acceptors (Lipinski definition) is 10. The monoisotopic (exact) mass is 544 g/mol. The van der Waals surface area contributed by atoms with Gasteiger partial charge in [0.25, 0.3) is 5.91 Å². The highest BCUT2D eigenvalue weighted by Gasteiger charge is 2.41. The van der Waals surface area contributed by atoms with Crippen molar-refractivity contribution in [2.75, 3.05) is 33.2 Å². The summed E-state index contributed by atoms with van der Waals surface area (Å²) in [7, 11) is -2.13. The van der Waals surface area contributed by atoms with Gasteiger partial charge in [0.1, 0.15) is 30.5 Å². The number of fused-ring (bicyclic) bond motifs is 1. The summed E-state index contributed by atoms with van der Waals surface area (Å²) in [6, 6.07) is 12.3. The molecule has 2 aromatic rings. The Morgan fingerprint density at radius 2 is 1.73 bits per heavy atom. The first kappa shape index (κ1) is 26.2. The van der Waals surface area contributed by atoms with E-state index in [0.29, 0.717) is 36.0 Å². The number of hydrogen-bond donors (Lipinski definition) is 1. The molecule has 0 atom stereocenters. The second kappa shape index (κ2) is 11.0. The van der Waals surface area contributed by atoms with Gasteiger partial charge in [0.15, 0.2) is 11.5 Å². The highest BCUT2D eigenvalue weighted by molar-refractivity contribution is 8.16. The molecule has 1 amide bonds. The first-order valence-electron chi connectivity index (χ1n) is 11.1. The third-order valence-electron chi connectivity index (χ3n) is 5.07. The number of carbonyl (C=O) groups excluding carboxylic acids is 1. The lowest BCUT2D eigenvalue weighted by molar-refractivity contribution is -0.114. The summed E-state index contributed by atoms with van der Waals surface area (Å²) in [6.07, 6.45) is 2.44. The Labute approximate surface area is 218 Å². The van der Waals surface area contributed by atoms with Gasteiger partial charge in [-0.05, 0) is 55.0 Å². The average Bonchev–Trinajstić information content (AvgIpc) is 3.30. The fourth-order valence-electron chi connectivity index (χ4n) is 3.39. The minimum absolute atomic E-state index is 0.0307. The largest absolute Gasteiger partial charge is 0.497 e. The summed E-state index contributed by atoms with van der Waals surface area (Å²) in [5.74, 6) is 1.36. The smallest absolute Gasteiger partial charge is 0.283 e. The standard InChI is InChI=1S/C24H24N4O7S2/c1-4-33-20-14-15(5-10-19(20)35-12-11-34-17-8-6-16(32-2)7-9-17)13-18-21(25)28-23(26-22(18)29)36-27-24(28)37(3,30)31/h5-10,13-14,25H,4,11-12H2,1-3H3. The molecule has 0 fully saturated rings. The highest BCUT2D eigenvalue weighted by atomic mass is 32.2. The Kier molecular flexibility index (Phi) is 7.83. The molecule has 0 aromatic heterocycles.